The molecular formula is C24H23Cl3N4O4. The highest BCUT2D eigenvalue weighted by Gasteiger charge is 2.21. The molecule has 0 saturated carbocycles. The number of pyridine rings is 1. The SMILES string of the molecule is CN[C@@H](Cc1cc(Cl)c(Oc2cc(N(C)C)cc3nc(-c4ccncc4)oc23)c(Cl)c1)C(=O)O.Cl. The molecule has 0 bridgehead atoms. The van der Waals surface area contributed by atoms with Crippen molar-refractivity contribution in [3.63, 3.8) is 0 Å². The topological polar surface area (TPSA) is 101 Å². The van der Waals surface area contributed by atoms with E-state index in [-0.39, 0.29) is 34.6 Å². The van der Waals surface area contributed by atoms with E-state index in [1.165, 1.54) is 0 Å². The van der Waals surface area contributed by atoms with Crippen LogP contribution >= 0.6 is 35.6 Å². The number of nitrogens with one attached hydrogen (secondary N) is 1. The molecule has 0 aliphatic heterocycles. The van der Waals surface area contributed by atoms with Crippen molar-refractivity contribution in [3.05, 3.63) is 64.4 Å². The number of anilines is 1. The summed E-state index contributed by atoms with van der Waals surface area (Å²) in [4.78, 5) is 21.9. The number of likely N-dealkylation sites (N-methyl/N-ethyl adjacent to an activating group) is 1. The molecule has 8 nitrogen and oxygen atoms in total. The largest absolute Gasteiger partial charge is 0.480 e. The van der Waals surface area contributed by atoms with Gasteiger partial charge in [0.05, 0.1) is 10.0 Å². The summed E-state index contributed by atoms with van der Waals surface area (Å²) >= 11 is 13.0. The molecule has 1 atom stereocenters. The monoisotopic (exact) mass is 536 g/mol. The highest BCUT2D eigenvalue weighted by molar-refractivity contribution is 6.37. The van der Waals surface area contributed by atoms with E-state index >= 15 is 0 Å². The number of carboxylic acids is 1. The molecule has 0 aliphatic rings. The Morgan fingerprint density at radius 3 is 2.40 bits per heavy atom. The summed E-state index contributed by atoms with van der Waals surface area (Å²) in [7, 11) is 5.40. The van der Waals surface area contributed by atoms with Crippen LogP contribution in [-0.4, -0.2) is 48.2 Å². The number of aliphatic carboxylic acids is 1. The van der Waals surface area contributed by atoms with Gasteiger partial charge in [-0.1, -0.05) is 23.2 Å². The van der Waals surface area contributed by atoms with Crippen molar-refractivity contribution >= 4 is 58.4 Å². The quantitative estimate of drug-likeness (QED) is 0.296. The van der Waals surface area contributed by atoms with Gasteiger partial charge in [-0.25, -0.2) is 4.98 Å². The molecular weight excluding hydrogens is 515 g/mol. The first kappa shape index (κ1) is 26.6. The van der Waals surface area contributed by atoms with Crippen molar-refractivity contribution in [1.29, 1.82) is 0 Å². The number of hydrogen-bond acceptors (Lipinski definition) is 7. The Morgan fingerprint density at radius 2 is 1.83 bits per heavy atom. The lowest BCUT2D eigenvalue weighted by molar-refractivity contribution is -0.139. The summed E-state index contributed by atoms with van der Waals surface area (Å²) < 4.78 is 12.2. The summed E-state index contributed by atoms with van der Waals surface area (Å²) in [6.07, 6.45) is 3.54. The van der Waals surface area contributed by atoms with Gasteiger partial charge in [0.2, 0.25) is 5.89 Å². The third-order valence-corrected chi connectivity index (χ3v) is 5.80. The normalized spacial score (nSPS) is 11.7. The number of benzene rings is 2. The standard InChI is InChI=1S/C24H22Cl2N4O4.ClH/c1-27-19(24(31)32)10-13-8-16(25)21(17(26)9-13)33-20-12-15(30(2)3)11-18-22(20)34-23(29-18)14-4-6-28-7-5-14;/h4-9,11-12,19,27H,10H2,1-3H3,(H,31,32);1H/t19-;/m0./s1. The van der Waals surface area contributed by atoms with E-state index in [0.717, 1.165) is 11.3 Å². The van der Waals surface area contributed by atoms with Gasteiger partial charge in [-0.05, 0) is 49.4 Å². The molecule has 0 amide bonds. The Labute approximate surface area is 218 Å². The van der Waals surface area contributed by atoms with Crippen LogP contribution in [-0.2, 0) is 11.2 Å². The molecule has 2 aromatic heterocycles. The number of fused-ring (bicyclic) bond motifs is 1. The molecule has 0 aliphatic carbocycles. The Balaban J connectivity index is 0.00000342. The van der Waals surface area contributed by atoms with Gasteiger partial charge in [0, 0.05) is 43.8 Å². The maximum Gasteiger partial charge on any atom is 0.321 e. The van der Waals surface area contributed by atoms with E-state index in [4.69, 9.17) is 32.4 Å². The van der Waals surface area contributed by atoms with Crippen LogP contribution in [0.15, 0.2) is 53.2 Å². The van der Waals surface area contributed by atoms with Crippen LogP contribution in [0.2, 0.25) is 10.0 Å². The summed E-state index contributed by atoms with van der Waals surface area (Å²) in [6, 6.07) is 9.84. The average molecular weight is 538 g/mol. The smallest absolute Gasteiger partial charge is 0.321 e. The number of carboxylic acid groups (broad SMARTS) is 1. The third kappa shape index (κ3) is 5.79. The summed E-state index contributed by atoms with van der Waals surface area (Å²) in [5, 5.41) is 12.6. The Hall–Kier alpha value is -3.04. The average Bonchev–Trinajstić information content (AvgIpc) is 3.24. The van der Waals surface area contributed by atoms with Crippen molar-refractivity contribution in [2.24, 2.45) is 0 Å². The number of halogens is 3. The molecule has 0 spiro atoms. The second-order valence-corrected chi connectivity index (χ2v) is 8.63. The molecule has 2 N–H and O–H groups in total. The maximum atomic E-state index is 11.4. The predicted molar refractivity (Wildman–Crippen MR) is 140 cm³/mol. The van der Waals surface area contributed by atoms with Crippen molar-refractivity contribution < 1.29 is 19.1 Å². The van der Waals surface area contributed by atoms with Crippen LogP contribution in [0, 0.1) is 0 Å². The molecule has 4 rings (SSSR count). The van der Waals surface area contributed by atoms with Gasteiger partial charge in [0.25, 0.3) is 0 Å². The van der Waals surface area contributed by atoms with Crippen LogP contribution in [0.1, 0.15) is 5.56 Å². The molecule has 2 aromatic carbocycles. The van der Waals surface area contributed by atoms with Gasteiger partial charge >= 0.3 is 5.97 Å². The van der Waals surface area contributed by atoms with Crippen molar-refractivity contribution in [3.8, 4) is 23.0 Å². The predicted octanol–water partition coefficient (Wildman–Crippen LogP) is 5.69. The van der Waals surface area contributed by atoms with Crippen molar-refractivity contribution in [1.82, 2.24) is 15.3 Å². The van der Waals surface area contributed by atoms with E-state index < -0.39 is 12.0 Å². The van der Waals surface area contributed by atoms with E-state index in [2.05, 4.69) is 15.3 Å². The molecule has 0 unspecified atom stereocenters. The van der Waals surface area contributed by atoms with E-state index in [1.807, 2.05) is 31.1 Å². The zero-order valence-electron chi connectivity index (χ0n) is 19.1. The Kier molecular flexibility index (Phi) is 8.45. The first-order valence-electron chi connectivity index (χ1n) is 10.3. The summed E-state index contributed by atoms with van der Waals surface area (Å²) in [5.41, 5.74) is 3.33. The van der Waals surface area contributed by atoms with Crippen molar-refractivity contribution in [2.75, 3.05) is 26.0 Å². The summed E-state index contributed by atoms with van der Waals surface area (Å²) in [6.45, 7) is 0. The minimum Gasteiger partial charge on any atom is -0.480 e. The van der Waals surface area contributed by atoms with Crippen LogP contribution in [0.4, 0.5) is 5.69 Å². The fourth-order valence-electron chi connectivity index (χ4n) is 3.43. The number of ether oxygens (including phenoxy) is 1. The molecule has 4 aromatic rings. The number of hydrogen-bond donors (Lipinski definition) is 2. The van der Waals surface area contributed by atoms with Gasteiger partial charge in [-0.3, -0.25) is 9.78 Å². The minimum atomic E-state index is -0.965. The Bertz CT molecular complexity index is 1320. The fraction of sp³-hybridized carbons (Fsp3) is 0.208. The number of aromatic nitrogens is 2. The number of carbonyl (C=O) groups is 1. The number of rotatable bonds is 8. The lowest BCUT2D eigenvalue weighted by Crippen LogP contribution is -2.35. The lowest BCUT2D eigenvalue weighted by Gasteiger charge is -2.16. The van der Waals surface area contributed by atoms with Gasteiger partial charge in [-0.2, -0.15) is 0 Å². The third-order valence-electron chi connectivity index (χ3n) is 5.24. The fourth-order valence-corrected chi connectivity index (χ4v) is 4.04. The van der Waals surface area contributed by atoms with Gasteiger partial charge in [0.1, 0.15) is 11.6 Å². The van der Waals surface area contributed by atoms with E-state index in [0.29, 0.717) is 28.3 Å². The second kappa shape index (κ2) is 11.1. The molecule has 0 radical (unpaired) electrons. The maximum absolute atomic E-state index is 11.4. The van der Waals surface area contributed by atoms with Gasteiger partial charge < -0.3 is 24.5 Å². The molecule has 0 saturated heterocycles. The minimum absolute atomic E-state index is 0. The zero-order chi connectivity index (χ0) is 24.4. The van der Waals surface area contributed by atoms with Crippen LogP contribution in [0.3, 0.4) is 0 Å². The molecule has 0 fully saturated rings. The molecule has 2 heterocycles. The number of oxazole rings is 1. The van der Waals surface area contributed by atoms with Crippen LogP contribution < -0.4 is 15.0 Å². The lowest BCUT2D eigenvalue weighted by atomic mass is 10.1. The molecule has 184 valence electrons. The van der Waals surface area contributed by atoms with Crippen LogP contribution in [0.25, 0.3) is 22.6 Å². The van der Waals surface area contributed by atoms with E-state index in [1.54, 1.807) is 43.7 Å². The van der Waals surface area contributed by atoms with Gasteiger partial charge in [0.15, 0.2) is 17.1 Å². The first-order chi connectivity index (χ1) is 16.3. The highest BCUT2D eigenvalue weighted by Crippen LogP contribution is 2.42. The van der Waals surface area contributed by atoms with Crippen molar-refractivity contribution in [2.45, 2.75) is 12.5 Å². The summed E-state index contributed by atoms with van der Waals surface area (Å²) in [5.74, 6) is 0.0948. The first-order valence-corrected chi connectivity index (χ1v) is 11.1. The van der Waals surface area contributed by atoms with Crippen LogP contribution in [0.5, 0.6) is 11.5 Å². The molecule has 11 heteroatoms. The second-order valence-electron chi connectivity index (χ2n) is 7.82. The number of nitrogens with zero attached hydrogens (tertiary/aromatic N) is 3. The molecule has 35 heavy (non-hydrogen) atoms. The van der Waals surface area contributed by atoms with E-state index in [9.17, 15) is 9.90 Å². The van der Waals surface area contributed by atoms with Gasteiger partial charge in [-0.15, -0.1) is 12.4 Å². The Morgan fingerprint density at radius 1 is 1.17 bits per heavy atom. The zero-order valence-corrected chi connectivity index (χ0v) is 21.4. The highest BCUT2D eigenvalue weighted by atomic mass is 35.5.